The first kappa shape index (κ1) is 16.8. The van der Waals surface area contributed by atoms with Crippen LogP contribution < -0.4 is 5.32 Å². The van der Waals surface area contributed by atoms with Crippen molar-refractivity contribution in [1.29, 1.82) is 0 Å². The van der Waals surface area contributed by atoms with Crippen molar-refractivity contribution >= 4 is 15.7 Å². The number of benzene rings is 1. The summed E-state index contributed by atoms with van der Waals surface area (Å²) in [5.41, 5.74) is -5.91. The van der Waals surface area contributed by atoms with Gasteiger partial charge in [0.15, 0.2) is 5.25 Å². The number of sulfone groups is 1. The summed E-state index contributed by atoms with van der Waals surface area (Å²) in [5, 5.41) is 0.100. The van der Waals surface area contributed by atoms with E-state index < -0.39 is 37.8 Å². The van der Waals surface area contributed by atoms with E-state index in [0.29, 0.717) is 5.56 Å². The molecule has 122 valence electrons. The molecule has 1 saturated heterocycles. The average Bonchev–Trinajstić information content (AvgIpc) is 2.40. The Hall–Kier alpha value is -1.57. The molecule has 0 saturated carbocycles. The highest BCUT2D eigenvalue weighted by atomic mass is 32.2. The summed E-state index contributed by atoms with van der Waals surface area (Å²) < 4.78 is 62.7. The van der Waals surface area contributed by atoms with Gasteiger partial charge in [0, 0.05) is 12.5 Å². The number of amides is 1. The second-order valence-electron chi connectivity index (χ2n) is 6.01. The van der Waals surface area contributed by atoms with Crippen molar-refractivity contribution in [3.8, 4) is 0 Å². The SMILES string of the molecule is CC1(C)CNC(=O)[C@@H](S(=O)(=O)C(F)(F)F)[C@@H]1c1ccccc1. The Kier molecular flexibility index (Phi) is 4.01. The molecule has 0 bridgehead atoms. The fourth-order valence-electron chi connectivity index (χ4n) is 2.84. The second-order valence-corrected chi connectivity index (χ2v) is 8.07. The van der Waals surface area contributed by atoms with Crippen molar-refractivity contribution in [2.45, 2.75) is 30.5 Å². The van der Waals surface area contributed by atoms with Gasteiger partial charge in [-0.1, -0.05) is 44.2 Å². The van der Waals surface area contributed by atoms with E-state index in [1.54, 1.807) is 44.2 Å². The maximum Gasteiger partial charge on any atom is 0.498 e. The van der Waals surface area contributed by atoms with Crippen LogP contribution >= 0.6 is 0 Å². The molecular weight excluding hydrogens is 319 g/mol. The van der Waals surface area contributed by atoms with Crippen LogP contribution in [-0.4, -0.2) is 31.6 Å². The van der Waals surface area contributed by atoms with Crippen LogP contribution in [0.25, 0.3) is 0 Å². The van der Waals surface area contributed by atoms with Gasteiger partial charge < -0.3 is 5.32 Å². The van der Waals surface area contributed by atoms with E-state index in [9.17, 15) is 26.4 Å². The highest BCUT2D eigenvalue weighted by Gasteiger charge is 2.60. The number of rotatable bonds is 2. The quantitative estimate of drug-likeness (QED) is 0.901. The van der Waals surface area contributed by atoms with Crippen molar-refractivity contribution in [2.75, 3.05) is 6.54 Å². The lowest BCUT2D eigenvalue weighted by atomic mass is 9.70. The maximum atomic E-state index is 13.0. The van der Waals surface area contributed by atoms with Crippen LogP contribution in [0.4, 0.5) is 13.2 Å². The number of alkyl halides is 3. The predicted molar refractivity (Wildman–Crippen MR) is 74.7 cm³/mol. The van der Waals surface area contributed by atoms with Crippen LogP contribution in [0, 0.1) is 5.41 Å². The number of nitrogens with one attached hydrogen (secondary N) is 1. The Bertz CT molecular complexity index is 668. The smallest absolute Gasteiger partial charge is 0.354 e. The van der Waals surface area contributed by atoms with Gasteiger partial charge in [0.1, 0.15) is 0 Å². The van der Waals surface area contributed by atoms with E-state index >= 15 is 0 Å². The highest BCUT2D eigenvalue weighted by molar-refractivity contribution is 7.93. The summed E-state index contributed by atoms with van der Waals surface area (Å²) in [4.78, 5) is 12.0. The Morgan fingerprint density at radius 3 is 2.23 bits per heavy atom. The highest BCUT2D eigenvalue weighted by Crippen LogP contribution is 2.45. The van der Waals surface area contributed by atoms with Crippen LogP contribution in [0.5, 0.6) is 0 Å². The standard InChI is InChI=1S/C14H16F3NO3S/c1-13(2)8-18-12(19)11(22(20,21)14(15,16)17)10(13)9-6-4-3-5-7-9/h3-7,10-11H,8H2,1-2H3,(H,18,19)/t10-,11-/m0/s1. The van der Waals surface area contributed by atoms with Gasteiger partial charge in [-0.15, -0.1) is 0 Å². The molecule has 0 spiro atoms. The van der Waals surface area contributed by atoms with Gasteiger partial charge in [0.25, 0.3) is 9.84 Å². The molecule has 1 aromatic rings. The number of hydrogen-bond donors (Lipinski definition) is 1. The van der Waals surface area contributed by atoms with Crippen LogP contribution in [-0.2, 0) is 14.6 Å². The molecule has 1 fully saturated rings. The molecule has 1 aromatic carbocycles. The molecule has 0 radical (unpaired) electrons. The third kappa shape index (κ3) is 2.71. The van der Waals surface area contributed by atoms with Gasteiger partial charge in [-0.2, -0.15) is 13.2 Å². The molecule has 4 nitrogen and oxygen atoms in total. The molecule has 0 aromatic heterocycles. The summed E-state index contributed by atoms with van der Waals surface area (Å²) in [6.07, 6.45) is 0. The van der Waals surface area contributed by atoms with Crippen LogP contribution in [0.2, 0.25) is 0 Å². The normalized spacial score (nSPS) is 25.6. The molecule has 1 aliphatic heterocycles. The average molecular weight is 335 g/mol. The molecule has 1 amide bonds. The van der Waals surface area contributed by atoms with Gasteiger partial charge >= 0.3 is 5.51 Å². The molecule has 1 aliphatic rings. The van der Waals surface area contributed by atoms with E-state index in [-0.39, 0.29) is 6.54 Å². The zero-order chi connectivity index (χ0) is 16.8. The van der Waals surface area contributed by atoms with E-state index in [4.69, 9.17) is 0 Å². The summed E-state index contributed by atoms with van der Waals surface area (Å²) in [6.45, 7) is 3.39. The molecule has 1 N–H and O–H groups in total. The summed E-state index contributed by atoms with van der Waals surface area (Å²) >= 11 is 0. The van der Waals surface area contributed by atoms with E-state index in [1.165, 1.54) is 0 Å². The number of hydrogen-bond acceptors (Lipinski definition) is 3. The summed E-state index contributed by atoms with van der Waals surface area (Å²) in [7, 11) is -5.63. The first-order valence-electron chi connectivity index (χ1n) is 6.61. The minimum Gasteiger partial charge on any atom is -0.354 e. The zero-order valence-corrected chi connectivity index (χ0v) is 12.8. The van der Waals surface area contributed by atoms with Crippen LogP contribution in [0.15, 0.2) is 30.3 Å². The Morgan fingerprint density at radius 2 is 1.73 bits per heavy atom. The largest absolute Gasteiger partial charge is 0.498 e. The van der Waals surface area contributed by atoms with Crippen LogP contribution in [0.3, 0.4) is 0 Å². The third-order valence-corrected chi connectivity index (χ3v) is 5.74. The van der Waals surface area contributed by atoms with Gasteiger partial charge in [-0.05, 0) is 11.0 Å². The zero-order valence-electron chi connectivity index (χ0n) is 12.0. The molecule has 22 heavy (non-hydrogen) atoms. The first-order chi connectivity index (χ1) is 9.98. The van der Waals surface area contributed by atoms with E-state index in [1.807, 2.05) is 0 Å². The van der Waals surface area contributed by atoms with Crippen molar-refractivity contribution in [3.05, 3.63) is 35.9 Å². The van der Waals surface area contributed by atoms with Crippen LogP contribution in [0.1, 0.15) is 25.3 Å². The number of halogens is 3. The van der Waals surface area contributed by atoms with Crippen molar-refractivity contribution < 1.29 is 26.4 Å². The van der Waals surface area contributed by atoms with Crippen molar-refractivity contribution in [2.24, 2.45) is 5.41 Å². The topological polar surface area (TPSA) is 63.2 Å². The van der Waals surface area contributed by atoms with Gasteiger partial charge in [-0.3, -0.25) is 4.79 Å². The third-order valence-electron chi connectivity index (χ3n) is 3.94. The monoisotopic (exact) mass is 335 g/mol. The molecule has 1 heterocycles. The van der Waals surface area contributed by atoms with E-state index in [0.717, 1.165) is 0 Å². The fourth-order valence-corrected chi connectivity index (χ4v) is 4.37. The molecule has 0 aliphatic carbocycles. The molecular formula is C14H16F3NO3S. The second kappa shape index (κ2) is 5.26. The minimum absolute atomic E-state index is 0.106. The molecule has 2 atom stereocenters. The number of piperidine rings is 1. The molecule has 0 unspecified atom stereocenters. The lowest BCUT2D eigenvalue weighted by Crippen LogP contribution is -2.58. The van der Waals surface area contributed by atoms with Crippen molar-refractivity contribution in [1.82, 2.24) is 5.32 Å². The minimum atomic E-state index is -5.63. The maximum absolute atomic E-state index is 13.0. The van der Waals surface area contributed by atoms with Crippen molar-refractivity contribution in [3.63, 3.8) is 0 Å². The first-order valence-corrected chi connectivity index (χ1v) is 8.16. The Labute approximate surface area is 126 Å². The summed E-state index contributed by atoms with van der Waals surface area (Å²) in [6, 6.07) is 7.98. The predicted octanol–water partition coefficient (Wildman–Crippen LogP) is 2.23. The number of carbonyl (C=O) groups is 1. The van der Waals surface area contributed by atoms with Gasteiger partial charge in [-0.25, -0.2) is 8.42 Å². The summed E-state index contributed by atoms with van der Waals surface area (Å²) in [5.74, 6) is -2.18. The lowest BCUT2D eigenvalue weighted by molar-refractivity contribution is -0.125. The Balaban J connectivity index is 2.64. The van der Waals surface area contributed by atoms with Gasteiger partial charge in [0.2, 0.25) is 5.91 Å². The van der Waals surface area contributed by atoms with E-state index in [2.05, 4.69) is 5.32 Å². The molecule has 8 heteroatoms. The molecule has 2 rings (SSSR count). The lowest BCUT2D eigenvalue weighted by Gasteiger charge is -2.43. The van der Waals surface area contributed by atoms with Gasteiger partial charge in [0.05, 0.1) is 0 Å². The Morgan fingerprint density at radius 1 is 1.18 bits per heavy atom. The fraction of sp³-hybridized carbons (Fsp3) is 0.500. The number of carbonyl (C=O) groups excluding carboxylic acids is 1.